The topological polar surface area (TPSA) is 78.9 Å². The van der Waals surface area contributed by atoms with Gasteiger partial charge in [0.15, 0.2) is 0 Å². The lowest BCUT2D eigenvalue weighted by molar-refractivity contribution is -0.115. The van der Waals surface area contributed by atoms with Crippen molar-refractivity contribution in [2.75, 3.05) is 5.32 Å². The molecule has 0 spiro atoms. The van der Waals surface area contributed by atoms with Crippen LogP contribution in [0.4, 0.5) is 5.69 Å². The molecule has 1 aromatic heterocycles. The quantitative estimate of drug-likeness (QED) is 0.914. The van der Waals surface area contributed by atoms with Crippen molar-refractivity contribution >= 4 is 11.6 Å². The van der Waals surface area contributed by atoms with Gasteiger partial charge in [0.1, 0.15) is 12.2 Å². The summed E-state index contributed by atoms with van der Waals surface area (Å²) < 4.78 is 5.12. The molecule has 0 fully saturated rings. The van der Waals surface area contributed by atoms with E-state index in [2.05, 4.69) is 10.5 Å². The summed E-state index contributed by atoms with van der Waals surface area (Å²) in [5, 5.41) is 15.0. The van der Waals surface area contributed by atoms with Gasteiger partial charge in [-0.15, -0.1) is 0 Å². The lowest BCUT2D eigenvalue weighted by Gasteiger charge is -2.04. The van der Waals surface area contributed by atoms with Crippen LogP contribution >= 0.6 is 0 Å². The molecular formula is C14H13N3O2. The zero-order valence-electron chi connectivity index (χ0n) is 10.7. The Morgan fingerprint density at radius 3 is 2.58 bits per heavy atom. The molecular weight excluding hydrogens is 242 g/mol. The zero-order chi connectivity index (χ0) is 13.8. The van der Waals surface area contributed by atoms with E-state index in [0.29, 0.717) is 5.69 Å². The van der Waals surface area contributed by atoms with Crippen molar-refractivity contribution in [2.24, 2.45) is 0 Å². The van der Waals surface area contributed by atoms with Crippen molar-refractivity contribution in [3.8, 4) is 17.2 Å². The standard InChI is InChI=1S/C14H13N3O2/c1-9-14(10(2)19-17-9)11-3-5-12(6-4-11)16-13(18)7-8-15/h3-6H,7H2,1-2H3,(H,16,18). The number of aromatic nitrogens is 1. The maximum atomic E-state index is 11.3. The average Bonchev–Trinajstić information content (AvgIpc) is 2.71. The number of carbonyl (C=O) groups excluding carboxylic acids is 1. The smallest absolute Gasteiger partial charge is 0.238 e. The van der Waals surface area contributed by atoms with Crippen LogP contribution < -0.4 is 5.32 Å². The molecule has 19 heavy (non-hydrogen) atoms. The molecule has 0 unspecified atom stereocenters. The predicted molar refractivity (Wildman–Crippen MR) is 70.3 cm³/mol. The Morgan fingerprint density at radius 1 is 1.37 bits per heavy atom. The van der Waals surface area contributed by atoms with Gasteiger partial charge < -0.3 is 9.84 Å². The second-order valence-corrected chi connectivity index (χ2v) is 4.16. The van der Waals surface area contributed by atoms with Crippen LogP contribution in [0.5, 0.6) is 0 Å². The Kier molecular flexibility index (Phi) is 3.62. The number of carbonyl (C=O) groups is 1. The number of aryl methyl sites for hydroxylation is 2. The molecule has 0 aliphatic carbocycles. The molecule has 1 heterocycles. The first-order valence-electron chi connectivity index (χ1n) is 5.82. The number of benzene rings is 1. The van der Waals surface area contributed by atoms with Gasteiger partial charge in [0.25, 0.3) is 0 Å². The van der Waals surface area contributed by atoms with Gasteiger partial charge in [-0.25, -0.2) is 0 Å². The number of amides is 1. The Hall–Kier alpha value is -2.61. The summed E-state index contributed by atoms with van der Waals surface area (Å²) in [7, 11) is 0. The zero-order valence-corrected chi connectivity index (χ0v) is 10.7. The van der Waals surface area contributed by atoms with Crippen LogP contribution in [-0.4, -0.2) is 11.1 Å². The summed E-state index contributed by atoms with van der Waals surface area (Å²) >= 11 is 0. The minimum atomic E-state index is -0.312. The lowest BCUT2D eigenvalue weighted by atomic mass is 10.0. The fourth-order valence-electron chi connectivity index (χ4n) is 1.89. The van der Waals surface area contributed by atoms with E-state index in [1.807, 2.05) is 26.0 Å². The van der Waals surface area contributed by atoms with Crippen molar-refractivity contribution in [3.63, 3.8) is 0 Å². The molecule has 0 bridgehead atoms. The third-order valence-corrected chi connectivity index (χ3v) is 2.73. The van der Waals surface area contributed by atoms with Crippen molar-refractivity contribution < 1.29 is 9.32 Å². The lowest BCUT2D eigenvalue weighted by Crippen LogP contribution is -2.09. The van der Waals surface area contributed by atoms with E-state index in [1.54, 1.807) is 18.2 Å². The summed E-state index contributed by atoms with van der Waals surface area (Å²) in [5.74, 6) is 0.450. The van der Waals surface area contributed by atoms with Crippen molar-refractivity contribution in [1.29, 1.82) is 5.26 Å². The number of nitriles is 1. The normalized spacial score (nSPS) is 9.95. The van der Waals surface area contributed by atoms with E-state index in [-0.39, 0.29) is 12.3 Å². The molecule has 0 saturated heterocycles. The van der Waals surface area contributed by atoms with Crippen molar-refractivity contribution in [1.82, 2.24) is 5.16 Å². The van der Waals surface area contributed by atoms with Gasteiger partial charge in [0.05, 0.1) is 11.8 Å². The minimum Gasteiger partial charge on any atom is -0.361 e. The first kappa shape index (κ1) is 12.8. The molecule has 1 amide bonds. The SMILES string of the molecule is Cc1noc(C)c1-c1ccc(NC(=O)CC#N)cc1. The molecule has 0 radical (unpaired) electrons. The van der Waals surface area contributed by atoms with Crippen molar-refractivity contribution in [3.05, 3.63) is 35.7 Å². The number of rotatable bonds is 3. The van der Waals surface area contributed by atoms with E-state index in [9.17, 15) is 4.79 Å². The van der Waals surface area contributed by atoms with Gasteiger partial charge in [0.2, 0.25) is 5.91 Å². The van der Waals surface area contributed by atoms with Gasteiger partial charge in [-0.05, 0) is 31.5 Å². The number of nitrogens with one attached hydrogen (secondary N) is 1. The Bertz CT molecular complexity index is 616. The van der Waals surface area contributed by atoms with Gasteiger partial charge in [-0.2, -0.15) is 5.26 Å². The molecule has 96 valence electrons. The second-order valence-electron chi connectivity index (χ2n) is 4.16. The fourth-order valence-corrected chi connectivity index (χ4v) is 1.89. The maximum absolute atomic E-state index is 11.3. The number of hydrogen-bond donors (Lipinski definition) is 1. The predicted octanol–water partition coefficient (Wildman–Crippen LogP) is 2.81. The van der Waals surface area contributed by atoms with Gasteiger partial charge in [-0.1, -0.05) is 17.3 Å². The summed E-state index contributed by atoms with van der Waals surface area (Å²) in [6.45, 7) is 3.74. The highest BCUT2D eigenvalue weighted by atomic mass is 16.5. The van der Waals surface area contributed by atoms with Crippen molar-refractivity contribution in [2.45, 2.75) is 20.3 Å². The highest BCUT2D eigenvalue weighted by Crippen LogP contribution is 2.27. The Morgan fingerprint density at radius 2 is 2.05 bits per heavy atom. The summed E-state index contributed by atoms with van der Waals surface area (Å²) in [5.41, 5.74) is 3.44. The van der Waals surface area contributed by atoms with E-state index < -0.39 is 0 Å². The van der Waals surface area contributed by atoms with Crippen LogP contribution in [0.2, 0.25) is 0 Å². The summed E-state index contributed by atoms with van der Waals surface area (Å²) in [6, 6.07) is 9.15. The van der Waals surface area contributed by atoms with Gasteiger partial charge >= 0.3 is 0 Å². The number of anilines is 1. The van der Waals surface area contributed by atoms with Crippen LogP contribution in [0.15, 0.2) is 28.8 Å². The first-order chi connectivity index (χ1) is 9.11. The van der Waals surface area contributed by atoms with Crippen LogP contribution in [0.1, 0.15) is 17.9 Å². The van der Waals surface area contributed by atoms with Crippen LogP contribution in [0.3, 0.4) is 0 Å². The minimum absolute atomic E-state index is 0.147. The molecule has 0 aliphatic heterocycles. The Balaban J connectivity index is 2.20. The molecule has 2 rings (SSSR count). The molecule has 5 nitrogen and oxygen atoms in total. The van der Waals surface area contributed by atoms with Gasteiger partial charge in [0, 0.05) is 11.3 Å². The third kappa shape index (κ3) is 2.80. The average molecular weight is 255 g/mol. The number of hydrogen-bond acceptors (Lipinski definition) is 4. The van der Waals surface area contributed by atoms with Gasteiger partial charge in [-0.3, -0.25) is 4.79 Å². The molecule has 2 aromatic rings. The first-order valence-corrected chi connectivity index (χ1v) is 5.82. The third-order valence-electron chi connectivity index (χ3n) is 2.73. The maximum Gasteiger partial charge on any atom is 0.238 e. The molecule has 0 aliphatic rings. The largest absolute Gasteiger partial charge is 0.361 e. The second kappa shape index (κ2) is 5.36. The molecule has 1 aromatic carbocycles. The fraction of sp³-hybridized carbons (Fsp3) is 0.214. The van der Waals surface area contributed by atoms with E-state index in [4.69, 9.17) is 9.78 Å². The highest BCUT2D eigenvalue weighted by molar-refractivity contribution is 5.92. The van der Waals surface area contributed by atoms with Crippen LogP contribution in [0.25, 0.3) is 11.1 Å². The Labute approximate surface area is 110 Å². The van der Waals surface area contributed by atoms with E-state index in [0.717, 1.165) is 22.6 Å². The van der Waals surface area contributed by atoms with E-state index >= 15 is 0 Å². The van der Waals surface area contributed by atoms with Crippen LogP contribution in [0, 0.1) is 25.2 Å². The summed E-state index contributed by atoms with van der Waals surface area (Å²) in [4.78, 5) is 11.3. The number of nitrogens with zero attached hydrogens (tertiary/aromatic N) is 2. The molecule has 1 N–H and O–H groups in total. The molecule has 5 heteroatoms. The highest BCUT2D eigenvalue weighted by Gasteiger charge is 2.11. The molecule has 0 saturated carbocycles. The molecule has 0 atom stereocenters. The summed E-state index contributed by atoms with van der Waals surface area (Å²) in [6.07, 6.45) is -0.147. The monoisotopic (exact) mass is 255 g/mol. The van der Waals surface area contributed by atoms with Crippen LogP contribution in [-0.2, 0) is 4.79 Å². The van der Waals surface area contributed by atoms with E-state index in [1.165, 1.54) is 0 Å².